The highest BCUT2D eigenvalue weighted by Crippen LogP contribution is 2.23. The van der Waals surface area contributed by atoms with Crippen molar-refractivity contribution in [1.29, 1.82) is 0 Å². The Hall–Kier alpha value is -2.63. The number of carbonyl (C=O) groups is 1. The largest absolute Gasteiger partial charge is 0.324 e. The molecule has 132 valence electrons. The van der Waals surface area contributed by atoms with Crippen LogP contribution in [0.3, 0.4) is 0 Å². The molecule has 0 saturated heterocycles. The first-order chi connectivity index (χ1) is 12.4. The first-order valence-corrected chi connectivity index (χ1v) is 8.62. The molecule has 2 N–H and O–H groups in total. The number of hydrogen-bond donors (Lipinski definition) is 2. The van der Waals surface area contributed by atoms with Gasteiger partial charge in [0.2, 0.25) is 5.95 Å². The van der Waals surface area contributed by atoms with Crippen molar-refractivity contribution in [2.24, 2.45) is 0 Å². The van der Waals surface area contributed by atoms with E-state index in [1.165, 1.54) is 6.20 Å². The van der Waals surface area contributed by atoms with Crippen LogP contribution in [0.25, 0.3) is 0 Å². The van der Waals surface area contributed by atoms with Crippen molar-refractivity contribution in [3.05, 3.63) is 75.5 Å². The van der Waals surface area contributed by atoms with Crippen LogP contribution in [0.2, 0.25) is 10.0 Å². The van der Waals surface area contributed by atoms with Gasteiger partial charge < -0.3 is 10.6 Å². The number of carbonyl (C=O) groups excluding carboxylic acids is 1. The molecule has 0 bridgehead atoms. The highest BCUT2D eigenvalue weighted by atomic mass is 35.5. The third-order valence-corrected chi connectivity index (χ3v) is 4.23. The van der Waals surface area contributed by atoms with Gasteiger partial charge in [-0.25, -0.2) is 9.97 Å². The zero-order chi connectivity index (χ0) is 18.7. The molecular weight excluding hydrogens is 371 g/mol. The van der Waals surface area contributed by atoms with Gasteiger partial charge in [0.15, 0.2) is 0 Å². The predicted octanol–water partition coefficient (Wildman–Crippen LogP) is 5.40. The molecule has 3 aromatic rings. The Bertz CT molecular complexity index is 976. The Kier molecular flexibility index (Phi) is 5.40. The molecule has 1 heterocycles. The summed E-state index contributed by atoms with van der Waals surface area (Å²) < 4.78 is 0. The van der Waals surface area contributed by atoms with E-state index in [-0.39, 0.29) is 11.6 Å². The summed E-state index contributed by atoms with van der Waals surface area (Å²) in [5.41, 5.74) is 3.58. The van der Waals surface area contributed by atoms with E-state index in [4.69, 9.17) is 23.2 Å². The van der Waals surface area contributed by atoms with Crippen molar-refractivity contribution in [3.63, 3.8) is 0 Å². The smallest absolute Gasteiger partial charge is 0.274 e. The highest BCUT2D eigenvalue weighted by molar-refractivity contribution is 6.31. The highest BCUT2D eigenvalue weighted by Gasteiger charge is 2.11. The van der Waals surface area contributed by atoms with Crippen molar-refractivity contribution < 1.29 is 4.79 Å². The van der Waals surface area contributed by atoms with Gasteiger partial charge in [-0.05, 0) is 67.4 Å². The molecule has 0 aliphatic rings. The van der Waals surface area contributed by atoms with Crippen molar-refractivity contribution >= 4 is 46.4 Å². The number of amides is 1. The van der Waals surface area contributed by atoms with E-state index in [1.54, 1.807) is 30.3 Å². The first kappa shape index (κ1) is 18.2. The maximum absolute atomic E-state index is 12.5. The van der Waals surface area contributed by atoms with Crippen LogP contribution in [-0.2, 0) is 0 Å². The topological polar surface area (TPSA) is 66.9 Å². The lowest BCUT2D eigenvalue weighted by Gasteiger charge is -2.10. The summed E-state index contributed by atoms with van der Waals surface area (Å²) in [6, 6.07) is 12.3. The minimum Gasteiger partial charge on any atom is -0.324 e. The van der Waals surface area contributed by atoms with Gasteiger partial charge in [0, 0.05) is 27.6 Å². The normalized spacial score (nSPS) is 10.5. The molecule has 0 saturated carbocycles. The standard InChI is InChI=1S/C19H16Cl2N4O/c1-11-9-13(20)3-5-15(11)23-18(26)17-7-8-22-19(25-17)24-16-6-4-14(21)10-12(16)2/h3-10H,1-2H3,(H,23,26)(H,22,24,25). The molecule has 0 aliphatic heterocycles. The van der Waals surface area contributed by atoms with E-state index in [1.807, 2.05) is 26.0 Å². The summed E-state index contributed by atoms with van der Waals surface area (Å²) in [4.78, 5) is 20.9. The lowest BCUT2D eigenvalue weighted by molar-refractivity contribution is 0.102. The Labute approximate surface area is 161 Å². The van der Waals surface area contributed by atoms with E-state index in [0.717, 1.165) is 16.8 Å². The molecule has 1 aromatic heterocycles. The molecule has 7 heteroatoms. The van der Waals surface area contributed by atoms with Crippen LogP contribution in [0.1, 0.15) is 21.6 Å². The SMILES string of the molecule is Cc1cc(Cl)ccc1NC(=O)c1ccnc(Nc2ccc(Cl)cc2C)n1. The van der Waals surface area contributed by atoms with Gasteiger partial charge in [0.05, 0.1) is 0 Å². The van der Waals surface area contributed by atoms with Gasteiger partial charge in [-0.3, -0.25) is 4.79 Å². The lowest BCUT2D eigenvalue weighted by Crippen LogP contribution is -2.15. The molecule has 0 radical (unpaired) electrons. The predicted molar refractivity (Wildman–Crippen MR) is 106 cm³/mol. The molecule has 3 rings (SSSR count). The fraction of sp³-hybridized carbons (Fsp3) is 0.105. The number of aromatic nitrogens is 2. The summed E-state index contributed by atoms with van der Waals surface area (Å²) in [7, 11) is 0. The summed E-state index contributed by atoms with van der Waals surface area (Å²) >= 11 is 11.9. The fourth-order valence-corrected chi connectivity index (χ4v) is 2.84. The monoisotopic (exact) mass is 386 g/mol. The van der Waals surface area contributed by atoms with Gasteiger partial charge >= 0.3 is 0 Å². The third kappa shape index (κ3) is 4.31. The van der Waals surface area contributed by atoms with E-state index >= 15 is 0 Å². The maximum atomic E-state index is 12.5. The molecule has 1 amide bonds. The minimum absolute atomic E-state index is 0.253. The molecule has 5 nitrogen and oxygen atoms in total. The quantitative estimate of drug-likeness (QED) is 0.629. The van der Waals surface area contributed by atoms with Crippen molar-refractivity contribution in [2.75, 3.05) is 10.6 Å². The Morgan fingerprint density at radius 2 is 1.54 bits per heavy atom. The van der Waals surface area contributed by atoms with Gasteiger partial charge in [-0.2, -0.15) is 0 Å². The molecule has 0 aliphatic carbocycles. The maximum Gasteiger partial charge on any atom is 0.274 e. The number of benzene rings is 2. The average molecular weight is 387 g/mol. The second-order valence-electron chi connectivity index (χ2n) is 5.76. The van der Waals surface area contributed by atoms with E-state index < -0.39 is 0 Å². The number of nitrogens with one attached hydrogen (secondary N) is 2. The fourth-order valence-electron chi connectivity index (χ4n) is 2.39. The summed E-state index contributed by atoms with van der Waals surface area (Å²) in [5, 5.41) is 7.20. The number of halogens is 2. The van der Waals surface area contributed by atoms with Crippen LogP contribution < -0.4 is 10.6 Å². The number of nitrogens with zero attached hydrogens (tertiary/aromatic N) is 2. The second-order valence-corrected chi connectivity index (χ2v) is 6.64. The zero-order valence-corrected chi connectivity index (χ0v) is 15.7. The average Bonchev–Trinajstić information content (AvgIpc) is 2.60. The number of rotatable bonds is 4. The molecule has 0 spiro atoms. The van der Waals surface area contributed by atoms with Gasteiger partial charge in [0.25, 0.3) is 5.91 Å². The molecule has 0 unspecified atom stereocenters. The third-order valence-electron chi connectivity index (χ3n) is 3.76. The van der Waals surface area contributed by atoms with E-state index in [2.05, 4.69) is 20.6 Å². The Balaban J connectivity index is 1.79. The summed E-state index contributed by atoms with van der Waals surface area (Å²) in [6.07, 6.45) is 1.53. The van der Waals surface area contributed by atoms with Gasteiger partial charge in [-0.15, -0.1) is 0 Å². The lowest BCUT2D eigenvalue weighted by atomic mass is 10.2. The summed E-state index contributed by atoms with van der Waals surface area (Å²) in [6.45, 7) is 3.80. The first-order valence-electron chi connectivity index (χ1n) is 7.86. The number of hydrogen-bond acceptors (Lipinski definition) is 4. The van der Waals surface area contributed by atoms with Crippen LogP contribution in [0.15, 0.2) is 48.7 Å². The molecule has 2 aromatic carbocycles. The minimum atomic E-state index is -0.325. The van der Waals surface area contributed by atoms with E-state index in [9.17, 15) is 4.79 Å². The van der Waals surface area contributed by atoms with Crippen molar-refractivity contribution in [2.45, 2.75) is 13.8 Å². The van der Waals surface area contributed by atoms with Gasteiger partial charge in [-0.1, -0.05) is 23.2 Å². The van der Waals surface area contributed by atoms with Crippen LogP contribution in [-0.4, -0.2) is 15.9 Å². The molecule has 26 heavy (non-hydrogen) atoms. The summed E-state index contributed by atoms with van der Waals surface area (Å²) in [5.74, 6) is 0.00426. The second kappa shape index (κ2) is 7.72. The number of aryl methyl sites for hydroxylation is 2. The van der Waals surface area contributed by atoms with Crippen molar-refractivity contribution in [3.8, 4) is 0 Å². The Morgan fingerprint density at radius 1 is 0.923 bits per heavy atom. The van der Waals surface area contributed by atoms with Crippen LogP contribution in [0.4, 0.5) is 17.3 Å². The van der Waals surface area contributed by atoms with Crippen LogP contribution >= 0.6 is 23.2 Å². The van der Waals surface area contributed by atoms with Gasteiger partial charge in [0.1, 0.15) is 5.69 Å². The van der Waals surface area contributed by atoms with Crippen LogP contribution in [0, 0.1) is 13.8 Å². The van der Waals surface area contributed by atoms with E-state index in [0.29, 0.717) is 21.7 Å². The molecule has 0 atom stereocenters. The zero-order valence-electron chi connectivity index (χ0n) is 14.2. The number of anilines is 3. The van der Waals surface area contributed by atoms with Crippen molar-refractivity contribution in [1.82, 2.24) is 9.97 Å². The molecule has 0 fully saturated rings. The Morgan fingerprint density at radius 3 is 2.15 bits per heavy atom. The van der Waals surface area contributed by atoms with Crippen LogP contribution in [0.5, 0.6) is 0 Å². The molecular formula is C19H16Cl2N4O.